The number of halogens is 1. The molecule has 0 aliphatic carbocycles. The molecule has 0 N–H and O–H groups in total. The van der Waals surface area contributed by atoms with Gasteiger partial charge in [0.05, 0.1) is 4.91 Å². The van der Waals surface area contributed by atoms with Crippen LogP contribution in [0.15, 0.2) is 46.9 Å². The molecule has 0 radical (unpaired) electrons. The number of carbonyl (C=O) groups is 1. The molecule has 1 amide bonds. The largest absolute Gasteiger partial charge is 0.285 e. The molecule has 2 aromatic rings. The van der Waals surface area contributed by atoms with Crippen LogP contribution in [-0.4, -0.2) is 37.4 Å². The van der Waals surface area contributed by atoms with Crippen molar-refractivity contribution in [3.63, 3.8) is 0 Å². The van der Waals surface area contributed by atoms with E-state index in [0.29, 0.717) is 16.6 Å². The predicted molar refractivity (Wildman–Crippen MR) is 82.2 cm³/mol. The monoisotopic (exact) mass is 317 g/mol. The Bertz CT molecular complexity index is 739. The highest BCUT2D eigenvalue weighted by Gasteiger charge is 2.32. The van der Waals surface area contributed by atoms with Crippen LogP contribution in [0.3, 0.4) is 0 Å². The predicted octanol–water partition coefficient (Wildman–Crippen LogP) is 2.17. The summed E-state index contributed by atoms with van der Waals surface area (Å²) in [6.07, 6.45) is 4.63. The summed E-state index contributed by atoms with van der Waals surface area (Å²) < 4.78 is 14.4. The first-order chi connectivity index (χ1) is 10.7. The van der Waals surface area contributed by atoms with E-state index in [1.165, 1.54) is 41.2 Å². The first-order valence-electron chi connectivity index (χ1n) is 6.58. The quantitative estimate of drug-likeness (QED) is 0.814. The van der Waals surface area contributed by atoms with Gasteiger partial charge >= 0.3 is 0 Å². The van der Waals surface area contributed by atoms with Crippen LogP contribution >= 0.6 is 11.8 Å². The number of carbonyl (C=O) groups excluding carboxylic acids is 1. The third-order valence-electron chi connectivity index (χ3n) is 2.98. The van der Waals surface area contributed by atoms with Gasteiger partial charge in [-0.2, -0.15) is 0 Å². The summed E-state index contributed by atoms with van der Waals surface area (Å²) in [5, 5.41) is 12.2. The minimum atomic E-state index is -0.308. The van der Waals surface area contributed by atoms with E-state index < -0.39 is 0 Å². The molecule has 1 saturated heterocycles. The number of rotatable bonds is 3. The third-order valence-corrected chi connectivity index (χ3v) is 3.98. The Morgan fingerprint density at radius 1 is 1.27 bits per heavy atom. The van der Waals surface area contributed by atoms with Crippen LogP contribution in [0.2, 0.25) is 0 Å². The molecule has 2 heterocycles. The lowest BCUT2D eigenvalue weighted by Gasteiger charge is -2.11. The molecule has 1 aliphatic rings. The Morgan fingerprint density at radius 3 is 2.59 bits per heavy atom. The summed E-state index contributed by atoms with van der Waals surface area (Å²) >= 11 is 1.27. The lowest BCUT2D eigenvalue weighted by Crippen LogP contribution is -2.29. The van der Waals surface area contributed by atoms with Crippen LogP contribution in [0, 0.1) is 5.82 Å². The smallest absolute Gasteiger partial charge is 0.266 e. The van der Waals surface area contributed by atoms with E-state index in [2.05, 4.69) is 15.3 Å². The normalized spacial score (nSPS) is 18.6. The zero-order valence-electron chi connectivity index (χ0n) is 11.7. The van der Waals surface area contributed by atoms with Gasteiger partial charge in [-0.05, 0) is 42.5 Å². The molecule has 0 unspecified atom stereocenters. The van der Waals surface area contributed by atoms with Crippen molar-refractivity contribution in [2.45, 2.75) is 6.92 Å². The highest BCUT2D eigenvalue weighted by atomic mass is 32.2. The molecule has 0 atom stereocenters. The Morgan fingerprint density at radius 2 is 1.95 bits per heavy atom. The molecule has 0 bridgehead atoms. The molecule has 0 saturated carbocycles. The summed E-state index contributed by atoms with van der Waals surface area (Å²) in [7, 11) is 0. The maximum atomic E-state index is 12.9. The molecule has 112 valence electrons. The Hall–Kier alpha value is -2.48. The minimum absolute atomic E-state index is 0.122. The standard InChI is InChI=1S/C14H12FN5OS/c1-2-20-13(21)12(7-10-3-5-11(15)6-4-10)22-14(20)18-19-8-16-17-9-19/h3-9H,2H2,1H3/b12-7+,18-14-. The Labute approximate surface area is 130 Å². The number of benzene rings is 1. The van der Waals surface area contributed by atoms with Gasteiger partial charge in [0.25, 0.3) is 5.91 Å². The molecule has 1 aliphatic heterocycles. The van der Waals surface area contributed by atoms with Crippen molar-refractivity contribution in [1.82, 2.24) is 19.8 Å². The number of amidine groups is 1. The molecule has 0 spiro atoms. The molecule has 8 heteroatoms. The molecule has 1 aromatic carbocycles. The number of likely N-dealkylation sites (N-methyl/N-ethyl adjacent to an activating group) is 1. The van der Waals surface area contributed by atoms with Crippen molar-refractivity contribution in [2.75, 3.05) is 6.54 Å². The SMILES string of the molecule is CCN1C(=O)/C(=C\c2ccc(F)cc2)S/C1=N\n1cnnc1. The van der Waals surface area contributed by atoms with Crippen molar-refractivity contribution >= 4 is 28.9 Å². The van der Waals surface area contributed by atoms with E-state index in [1.807, 2.05) is 6.92 Å². The molecule has 1 aromatic heterocycles. The number of aromatic nitrogens is 3. The first-order valence-corrected chi connectivity index (χ1v) is 7.39. The molecule has 1 fully saturated rings. The van der Waals surface area contributed by atoms with Gasteiger partial charge in [-0.3, -0.25) is 9.69 Å². The van der Waals surface area contributed by atoms with Gasteiger partial charge in [-0.25, -0.2) is 9.07 Å². The van der Waals surface area contributed by atoms with Crippen LogP contribution < -0.4 is 0 Å². The molecule has 22 heavy (non-hydrogen) atoms. The van der Waals surface area contributed by atoms with Crippen molar-refractivity contribution in [3.8, 4) is 0 Å². The van der Waals surface area contributed by atoms with E-state index in [4.69, 9.17) is 0 Å². The van der Waals surface area contributed by atoms with Gasteiger partial charge in [0.2, 0.25) is 0 Å². The van der Waals surface area contributed by atoms with Crippen LogP contribution in [0.4, 0.5) is 4.39 Å². The fraction of sp³-hybridized carbons (Fsp3) is 0.143. The minimum Gasteiger partial charge on any atom is -0.285 e. The van der Waals surface area contributed by atoms with Gasteiger partial charge in [0, 0.05) is 6.54 Å². The summed E-state index contributed by atoms with van der Waals surface area (Å²) in [4.78, 5) is 14.5. The third kappa shape index (κ3) is 2.91. The summed E-state index contributed by atoms with van der Waals surface area (Å²) in [5.74, 6) is -0.429. The molecular formula is C14H12FN5OS. The van der Waals surface area contributed by atoms with Gasteiger partial charge in [0.15, 0.2) is 5.17 Å². The lowest BCUT2D eigenvalue weighted by atomic mass is 10.2. The number of nitrogens with zero attached hydrogens (tertiary/aromatic N) is 5. The average Bonchev–Trinajstić information content (AvgIpc) is 3.11. The molecule has 6 nitrogen and oxygen atoms in total. The number of amides is 1. The number of hydrogen-bond acceptors (Lipinski definition) is 5. The molecule has 3 rings (SSSR count). The summed E-state index contributed by atoms with van der Waals surface area (Å²) in [6.45, 7) is 2.38. The maximum Gasteiger partial charge on any atom is 0.266 e. The van der Waals surface area contributed by atoms with Gasteiger partial charge < -0.3 is 0 Å². The van der Waals surface area contributed by atoms with Crippen LogP contribution in [0.5, 0.6) is 0 Å². The van der Waals surface area contributed by atoms with Crippen molar-refractivity contribution < 1.29 is 9.18 Å². The van der Waals surface area contributed by atoms with Crippen LogP contribution in [0.1, 0.15) is 12.5 Å². The first kappa shape index (κ1) is 14.5. The second-order valence-corrected chi connectivity index (χ2v) is 5.45. The maximum absolute atomic E-state index is 12.9. The zero-order valence-corrected chi connectivity index (χ0v) is 12.5. The average molecular weight is 317 g/mol. The highest BCUT2D eigenvalue weighted by molar-refractivity contribution is 8.18. The van der Waals surface area contributed by atoms with E-state index in [9.17, 15) is 9.18 Å². The lowest BCUT2D eigenvalue weighted by molar-refractivity contribution is -0.122. The number of thioether (sulfide) groups is 1. The van der Waals surface area contributed by atoms with Crippen molar-refractivity contribution in [2.24, 2.45) is 5.10 Å². The van der Waals surface area contributed by atoms with Gasteiger partial charge in [-0.1, -0.05) is 12.1 Å². The van der Waals surface area contributed by atoms with Crippen molar-refractivity contribution in [3.05, 3.63) is 53.2 Å². The van der Waals surface area contributed by atoms with Crippen molar-refractivity contribution in [1.29, 1.82) is 0 Å². The van der Waals surface area contributed by atoms with E-state index in [-0.39, 0.29) is 11.7 Å². The summed E-state index contributed by atoms with van der Waals surface area (Å²) in [5.41, 5.74) is 0.763. The highest BCUT2D eigenvalue weighted by Crippen LogP contribution is 2.32. The van der Waals surface area contributed by atoms with E-state index in [1.54, 1.807) is 23.1 Å². The van der Waals surface area contributed by atoms with E-state index >= 15 is 0 Å². The second kappa shape index (κ2) is 6.10. The number of hydrogen-bond donors (Lipinski definition) is 0. The Balaban J connectivity index is 1.91. The zero-order chi connectivity index (χ0) is 15.5. The summed E-state index contributed by atoms with van der Waals surface area (Å²) in [6, 6.07) is 5.98. The van der Waals surface area contributed by atoms with Gasteiger partial charge in [-0.15, -0.1) is 15.3 Å². The fourth-order valence-corrected chi connectivity index (χ4v) is 2.96. The molecular weight excluding hydrogens is 305 g/mol. The van der Waals surface area contributed by atoms with Gasteiger partial charge in [0.1, 0.15) is 18.5 Å². The Kier molecular flexibility index (Phi) is 4.01. The second-order valence-electron chi connectivity index (χ2n) is 4.44. The van der Waals surface area contributed by atoms with E-state index in [0.717, 1.165) is 5.56 Å². The fourth-order valence-electron chi connectivity index (χ4n) is 1.92. The van der Waals surface area contributed by atoms with Crippen LogP contribution in [0.25, 0.3) is 6.08 Å². The topological polar surface area (TPSA) is 63.4 Å². The van der Waals surface area contributed by atoms with Crippen LogP contribution in [-0.2, 0) is 4.79 Å².